The van der Waals surface area contributed by atoms with Crippen LogP contribution in [0.3, 0.4) is 0 Å². The van der Waals surface area contributed by atoms with E-state index in [0.29, 0.717) is 42.2 Å². The maximum Gasteiger partial charge on any atom is 0.216 e. The second-order valence-electron chi connectivity index (χ2n) is 5.78. The quantitative estimate of drug-likeness (QED) is 0.262. The van der Waals surface area contributed by atoms with Gasteiger partial charge in [-0.1, -0.05) is 6.07 Å². The molecule has 150 valence electrons. The van der Waals surface area contributed by atoms with Gasteiger partial charge in [0.25, 0.3) is 0 Å². The monoisotopic (exact) mass is 500 g/mol. The number of aromatic nitrogens is 3. The Morgan fingerprint density at radius 2 is 2.18 bits per heavy atom. The van der Waals surface area contributed by atoms with E-state index in [9.17, 15) is 4.39 Å². The SMILES string of the molecule is CN=C(NCc1nc(-c2ccco2)n[nH]1)NCC(C)Oc1cccc(F)c1.I. The lowest BCUT2D eigenvalue weighted by Crippen LogP contribution is -2.41. The molecule has 3 rings (SSSR count). The molecular weight excluding hydrogens is 478 g/mol. The van der Waals surface area contributed by atoms with Gasteiger partial charge in [0.2, 0.25) is 5.82 Å². The lowest BCUT2D eigenvalue weighted by molar-refractivity contribution is 0.223. The van der Waals surface area contributed by atoms with E-state index in [1.807, 2.05) is 6.92 Å². The van der Waals surface area contributed by atoms with Gasteiger partial charge in [-0.05, 0) is 31.2 Å². The van der Waals surface area contributed by atoms with E-state index in [-0.39, 0.29) is 35.9 Å². The zero-order valence-electron chi connectivity index (χ0n) is 15.5. The molecule has 28 heavy (non-hydrogen) atoms. The Kier molecular flexibility index (Phi) is 8.23. The summed E-state index contributed by atoms with van der Waals surface area (Å²) in [6.45, 7) is 2.79. The highest BCUT2D eigenvalue weighted by atomic mass is 127. The maximum absolute atomic E-state index is 13.2. The summed E-state index contributed by atoms with van der Waals surface area (Å²) >= 11 is 0. The molecule has 2 aromatic heterocycles. The van der Waals surface area contributed by atoms with E-state index >= 15 is 0 Å². The highest BCUT2D eigenvalue weighted by Crippen LogP contribution is 2.14. The number of ether oxygens (including phenoxy) is 1. The normalized spacial score (nSPS) is 12.2. The average Bonchev–Trinajstić information content (AvgIpc) is 3.33. The first-order valence-electron chi connectivity index (χ1n) is 8.46. The van der Waals surface area contributed by atoms with Gasteiger partial charge < -0.3 is 19.8 Å². The predicted molar refractivity (Wildman–Crippen MR) is 114 cm³/mol. The topological polar surface area (TPSA) is 100 Å². The Bertz CT molecular complexity index is 884. The smallest absolute Gasteiger partial charge is 0.216 e. The van der Waals surface area contributed by atoms with E-state index in [0.717, 1.165) is 0 Å². The number of aliphatic imine (C=N–C) groups is 1. The molecule has 0 saturated heterocycles. The fourth-order valence-corrected chi connectivity index (χ4v) is 2.33. The number of H-pyrrole nitrogens is 1. The molecule has 0 spiro atoms. The standard InChI is InChI=1S/C18H21FN6O2.HI/c1-12(27-14-6-3-5-13(19)9-14)10-21-18(20-2)22-11-16-23-17(25-24-16)15-7-4-8-26-15;/h3-9,12H,10-11H2,1-2H3,(H2,20,21,22)(H,23,24,25);1H. The van der Waals surface area contributed by atoms with Crippen molar-refractivity contribution in [3.63, 3.8) is 0 Å². The molecule has 1 aromatic carbocycles. The van der Waals surface area contributed by atoms with E-state index in [4.69, 9.17) is 9.15 Å². The number of nitrogens with one attached hydrogen (secondary N) is 3. The molecule has 2 heterocycles. The van der Waals surface area contributed by atoms with Crippen molar-refractivity contribution >= 4 is 29.9 Å². The van der Waals surface area contributed by atoms with Crippen molar-refractivity contribution in [2.24, 2.45) is 4.99 Å². The Morgan fingerprint density at radius 3 is 2.89 bits per heavy atom. The molecule has 1 atom stereocenters. The van der Waals surface area contributed by atoms with Crippen LogP contribution in [0.1, 0.15) is 12.7 Å². The second-order valence-corrected chi connectivity index (χ2v) is 5.78. The third-order valence-electron chi connectivity index (χ3n) is 3.61. The van der Waals surface area contributed by atoms with Crippen molar-refractivity contribution in [1.82, 2.24) is 25.8 Å². The average molecular weight is 500 g/mol. The van der Waals surface area contributed by atoms with Crippen LogP contribution < -0.4 is 15.4 Å². The number of hydrogen-bond acceptors (Lipinski definition) is 5. The molecule has 0 radical (unpaired) electrons. The minimum atomic E-state index is -0.328. The van der Waals surface area contributed by atoms with Crippen LogP contribution in [0.4, 0.5) is 4.39 Å². The maximum atomic E-state index is 13.2. The molecule has 3 N–H and O–H groups in total. The molecule has 0 saturated carbocycles. The minimum absolute atomic E-state index is 0. The minimum Gasteiger partial charge on any atom is -0.489 e. The molecule has 3 aromatic rings. The summed E-state index contributed by atoms with van der Waals surface area (Å²) in [7, 11) is 1.67. The van der Waals surface area contributed by atoms with Gasteiger partial charge in [-0.15, -0.1) is 29.1 Å². The van der Waals surface area contributed by atoms with Gasteiger partial charge in [-0.3, -0.25) is 10.1 Å². The molecular formula is C18H22FIN6O2. The van der Waals surface area contributed by atoms with E-state index < -0.39 is 0 Å². The largest absolute Gasteiger partial charge is 0.489 e. The van der Waals surface area contributed by atoms with Crippen LogP contribution in [0.5, 0.6) is 5.75 Å². The number of nitrogens with zero attached hydrogens (tertiary/aromatic N) is 3. The van der Waals surface area contributed by atoms with Gasteiger partial charge in [0.1, 0.15) is 23.5 Å². The zero-order chi connectivity index (χ0) is 19.1. The second kappa shape index (κ2) is 10.6. The molecule has 0 bridgehead atoms. The van der Waals surface area contributed by atoms with Crippen LogP contribution in [0.25, 0.3) is 11.6 Å². The number of benzene rings is 1. The van der Waals surface area contributed by atoms with Crippen LogP contribution in [-0.2, 0) is 6.54 Å². The molecule has 0 aliphatic carbocycles. The summed E-state index contributed by atoms with van der Waals surface area (Å²) in [6, 6.07) is 9.63. The van der Waals surface area contributed by atoms with Crippen molar-refractivity contribution in [1.29, 1.82) is 0 Å². The first kappa shape index (κ1) is 21.7. The van der Waals surface area contributed by atoms with Gasteiger partial charge in [-0.2, -0.15) is 0 Å². The lowest BCUT2D eigenvalue weighted by Gasteiger charge is -2.17. The highest BCUT2D eigenvalue weighted by Gasteiger charge is 2.10. The Morgan fingerprint density at radius 1 is 1.32 bits per heavy atom. The predicted octanol–water partition coefficient (Wildman–Crippen LogP) is 2.95. The summed E-state index contributed by atoms with van der Waals surface area (Å²) in [5.74, 6) is 2.49. The highest BCUT2D eigenvalue weighted by molar-refractivity contribution is 14.0. The third-order valence-corrected chi connectivity index (χ3v) is 3.61. The number of hydrogen-bond donors (Lipinski definition) is 3. The van der Waals surface area contributed by atoms with Gasteiger partial charge in [-0.25, -0.2) is 9.37 Å². The van der Waals surface area contributed by atoms with E-state index in [1.54, 1.807) is 37.6 Å². The summed E-state index contributed by atoms with van der Waals surface area (Å²) in [5.41, 5.74) is 0. The summed E-state index contributed by atoms with van der Waals surface area (Å²) < 4.78 is 24.1. The fraction of sp³-hybridized carbons (Fsp3) is 0.278. The van der Waals surface area contributed by atoms with Crippen molar-refractivity contribution in [3.8, 4) is 17.3 Å². The van der Waals surface area contributed by atoms with Gasteiger partial charge in [0, 0.05) is 13.1 Å². The fourth-order valence-electron chi connectivity index (χ4n) is 2.33. The van der Waals surface area contributed by atoms with Crippen LogP contribution in [0.15, 0.2) is 52.1 Å². The Hall–Kier alpha value is -2.63. The van der Waals surface area contributed by atoms with Gasteiger partial charge in [0.05, 0.1) is 19.4 Å². The van der Waals surface area contributed by atoms with Crippen LogP contribution in [-0.4, -0.2) is 40.8 Å². The Labute approximate surface area is 179 Å². The number of guanidine groups is 1. The lowest BCUT2D eigenvalue weighted by atomic mass is 10.3. The molecule has 8 nitrogen and oxygen atoms in total. The molecule has 0 aliphatic heterocycles. The number of halogens is 2. The van der Waals surface area contributed by atoms with Crippen molar-refractivity contribution in [2.45, 2.75) is 19.6 Å². The third kappa shape index (κ3) is 6.22. The van der Waals surface area contributed by atoms with Crippen LogP contribution in [0, 0.1) is 5.82 Å². The van der Waals surface area contributed by atoms with Crippen LogP contribution >= 0.6 is 24.0 Å². The number of furan rings is 1. The first-order chi connectivity index (χ1) is 13.1. The van der Waals surface area contributed by atoms with Gasteiger partial charge >= 0.3 is 0 Å². The van der Waals surface area contributed by atoms with Crippen LogP contribution in [0.2, 0.25) is 0 Å². The summed E-state index contributed by atoms with van der Waals surface area (Å²) in [6.07, 6.45) is 1.39. The summed E-state index contributed by atoms with van der Waals surface area (Å²) in [4.78, 5) is 8.50. The molecule has 1 unspecified atom stereocenters. The Balaban J connectivity index is 0.00000280. The summed E-state index contributed by atoms with van der Waals surface area (Å²) in [5, 5.41) is 13.2. The zero-order valence-corrected chi connectivity index (χ0v) is 17.8. The van der Waals surface area contributed by atoms with Crippen molar-refractivity contribution < 1.29 is 13.5 Å². The first-order valence-corrected chi connectivity index (χ1v) is 8.46. The number of aromatic amines is 1. The van der Waals surface area contributed by atoms with E-state index in [1.165, 1.54) is 12.1 Å². The molecule has 0 fully saturated rings. The molecule has 0 aliphatic rings. The number of rotatable bonds is 7. The van der Waals surface area contributed by atoms with Crippen molar-refractivity contribution in [3.05, 3.63) is 54.3 Å². The van der Waals surface area contributed by atoms with Gasteiger partial charge in [0.15, 0.2) is 11.7 Å². The van der Waals surface area contributed by atoms with E-state index in [2.05, 4.69) is 30.8 Å². The molecule has 10 heteroatoms. The molecule has 0 amide bonds. The van der Waals surface area contributed by atoms with Crippen molar-refractivity contribution in [2.75, 3.05) is 13.6 Å².